The van der Waals surface area contributed by atoms with E-state index in [1.54, 1.807) is 25.3 Å². The minimum Gasteiger partial charge on any atom is -0.324 e. The van der Waals surface area contributed by atoms with Gasteiger partial charge in [-0.1, -0.05) is 0 Å². The average molecular weight is 359 g/mol. The van der Waals surface area contributed by atoms with Crippen molar-refractivity contribution in [3.05, 3.63) is 66.4 Å². The van der Waals surface area contributed by atoms with E-state index >= 15 is 0 Å². The number of rotatable bonds is 4. The largest absolute Gasteiger partial charge is 0.324 e. The second-order valence-corrected chi connectivity index (χ2v) is 6.39. The Kier molecular flexibility index (Phi) is 4.12. The van der Waals surface area contributed by atoms with E-state index in [9.17, 15) is 4.79 Å². The first-order valence-electron chi connectivity index (χ1n) is 8.56. The summed E-state index contributed by atoms with van der Waals surface area (Å²) >= 11 is 0. The van der Waals surface area contributed by atoms with Crippen molar-refractivity contribution in [2.75, 3.05) is 5.32 Å². The van der Waals surface area contributed by atoms with Crippen LogP contribution in [0.4, 0.5) is 11.6 Å². The molecule has 0 saturated heterocycles. The van der Waals surface area contributed by atoms with E-state index < -0.39 is 0 Å². The smallest absolute Gasteiger partial charge is 0.227 e. The highest BCUT2D eigenvalue weighted by Gasteiger charge is 2.15. The van der Waals surface area contributed by atoms with Gasteiger partial charge in [-0.05, 0) is 44.2 Å². The average Bonchev–Trinajstić information content (AvgIpc) is 2.97. The van der Waals surface area contributed by atoms with Crippen LogP contribution in [0.5, 0.6) is 0 Å². The minimum atomic E-state index is 0.0382. The second-order valence-electron chi connectivity index (χ2n) is 6.39. The Bertz CT molecular complexity index is 1150. The van der Waals surface area contributed by atoms with Gasteiger partial charge in [-0.2, -0.15) is 0 Å². The molecule has 0 spiro atoms. The third kappa shape index (κ3) is 3.27. The number of ketones is 1. The molecule has 0 aliphatic carbocycles. The Hall–Kier alpha value is -3.61. The van der Waals surface area contributed by atoms with Gasteiger partial charge in [-0.3, -0.25) is 9.20 Å². The van der Waals surface area contributed by atoms with Crippen LogP contribution in [0.3, 0.4) is 0 Å². The molecule has 0 aliphatic rings. The Morgan fingerprint density at radius 1 is 1.15 bits per heavy atom. The molecule has 0 saturated carbocycles. The van der Waals surface area contributed by atoms with E-state index in [0.717, 1.165) is 28.4 Å². The van der Waals surface area contributed by atoms with Crippen LogP contribution in [0.25, 0.3) is 17.0 Å². The first kappa shape index (κ1) is 16.8. The summed E-state index contributed by atoms with van der Waals surface area (Å²) in [6.07, 6.45) is 7.62. The van der Waals surface area contributed by atoms with Gasteiger partial charge in [0.2, 0.25) is 17.8 Å². The summed E-state index contributed by atoms with van der Waals surface area (Å²) in [7, 11) is 1.97. The van der Waals surface area contributed by atoms with Crippen LogP contribution >= 0.6 is 0 Å². The molecule has 0 aliphatic heterocycles. The van der Waals surface area contributed by atoms with Crippen molar-refractivity contribution in [2.45, 2.75) is 13.8 Å². The van der Waals surface area contributed by atoms with Crippen molar-refractivity contribution in [2.24, 2.45) is 7.05 Å². The van der Waals surface area contributed by atoms with Crippen LogP contribution in [-0.2, 0) is 7.05 Å². The molecule has 7 heteroatoms. The molecule has 27 heavy (non-hydrogen) atoms. The van der Waals surface area contributed by atoms with Crippen molar-refractivity contribution < 1.29 is 9.36 Å². The molecule has 0 bridgehead atoms. The standard InChI is InChI=1S/C20H18N6O/c1-13-19(26-11-10-25(3)12-18(26)22-13)17-8-9-21-20(24-17)23-16-6-4-15(5-7-16)14(2)27/h4-12H,1-3H3/p+1. The molecule has 3 heterocycles. The second kappa shape index (κ2) is 6.60. The van der Waals surface area contributed by atoms with Gasteiger partial charge in [0.1, 0.15) is 7.05 Å². The maximum absolute atomic E-state index is 11.4. The number of benzene rings is 1. The number of hydrogen-bond acceptors (Lipinski definition) is 5. The highest BCUT2D eigenvalue weighted by molar-refractivity contribution is 5.94. The van der Waals surface area contributed by atoms with Crippen molar-refractivity contribution >= 4 is 23.1 Å². The van der Waals surface area contributed by atoms with Crippen LogP contribution in [0.1, 0.15) is 23.0 Å². The molecule has 3 aromatic heterocycles. The lowest BCUT2D eigenvalue weighted by Crippen LogP contribution is -2.26. The van der Waals surface area contributed by atoms with Crippen LogP contribution in [-0.4, -0.2) is 25.1 Å². The Morgan fingerprint density at radius 2 is 1.93 bits per heavy atom. The summed E-state index contributed by atoms with van der Waals surface area (Å²) in [6, 6.07) is 9.11. The quantitative estimate of drug-likeness (QED) is 0.448. The topological polar surface area (TPSA) is 76.1 Å². The SMILES string of the molecule is CC(=O)c1ccc(Nc2nccc(-c3c(C)nc4c[n+](C)ccn34)n2)cc1. The number of nitrogens with zero attached hydrogens (tertiary/aromatic N) is 5. The summed E-state index contributed by atoms with van der Waals surface area (Å²) in [5.74, 6) is 0.523. The van der Waals surface area contributed by atoms with Crippen molar-refractivity contribution in [3.63, 3.8) is 0 Å². The normalized spacial score (nSPS) is 10.9. The molecule has 0 atom stereocenters. The van der Waals surface area contributed by atoms with E-state index in [-0.39, 0.29) is 5.78 Å². The Labute approximate surface area is 156 Å². The van der Waals surface area contributed by atoms with Crippen molar-refractivity contribution in [1.82, 2.24) is 19.4 Å². The monoisotopic (exact) mass is 359 g/mol. The number of nitrogens with one attached hydrogen (secondary N) is 1. The zero-order valence-corrected chi connectivity index (χ0v) is 15.3. The van der Waals surface area contributed by atoms with Crippen LogP contribution < -0.4 is 9.88 Å². The molecule has 0 radical (unpaired) electrons. The predicted octanol–water partition coefficient (Wildman–Crippen LogP) is 2.87. The summed E-state index contributed by atoms with van der Waals surface area (Å²) in [5, 5.41) is 3.18. The molecule has 0 amide bonds. The number of aryl methyl sites for hydroxylation is 2. The Balaban J connectivity index is 1.69. The Morgan fingerprint density at radius 3 is 2.67 bits per heavy atom. The third-order valence-electron chi connectivity index (χ3n) is 4.33. The van der Waals surface area contributed by atoms with Gasteiger partial charge < -0.3 is 5.32 Å². The number of carbonyl (C=O) groups is 1. The lowest BCUT2D eigenvalue weighted by molar-refractivity contribution is -0.670. The molecule has 4 rings (SSSR count). The van der Waals surface area contributed by atoms with Crippen molar-refractivity contribution in [3.8, 4) is 11.4 Å². The number of Topliss-reactive ketones (excluding diaryl/α,β-unsaturated/α-hetero) is 1. The first-order chi connectivity index (χ1) is 13.0. The highest BCUT2D eigenvalue weighted by Crippen LogP contribution is 2.24. The van der Waals surface area contributed by atoms with Gasteiger partial charge in [0.05, 0.1) is 23.3 Å². The summed E-state index contributed by atoms with van der Waals surface area (Å²) in [6.45, 7) is 3.52. The molecular formula is C20H19N6O+. The lowest BCUT2D eigenvalue weighted by atomic mass is 10.1. The summed E-state index contributed by atoms with van der Waals surface area (Å²) in [4.78, 5) is 25.0. The number of fused-ring (bicyclic) bond motifs is 1. The maximum atomic E-state index is 11.4. The zero-order valence-electron chi connectivity index (χ0n) is 15.3. The minimum absolute atomic E-state index is 0.0382. The van der Waals surface area contributed by atoms with Crippen LogP contribution in [0.2, 0.25) is 0 Å². The molecule has 1 aromatic carbocycles. The number of anilines is 2. The lowest BCUT2D eigenvalue weighted by Gasteiger charge is -2.07. The van der Waals surface area contributed by atoms with Gasteiger partial charge >= 0.3 is 0 Å². The molecule has 7 nitrogen and oxygen atoms in total. The number of imidazole rings is 1. The predicted molar refractivity (Wildman–Crippen MR) is 102 cm³/mol. The van der Waals surface area contributed by atoms with E-state index in [1.165, 1.54) is 0 Å². The molecular weight excluding hydrogens is 340 g/mol. The van der Waals surface area contributed by atoms with E-state index in [0.29, 0.717) is 11.5 Å². The van der Waals surface area contributed by atoms with Crippen LogP contribution in [0.15, 0.2) is 55.1 Å². The van der Waals surface area contributed by atoms with Crippen molar-refractivity contribution in [1.29, 1.82) is 0 Å². The number of carbonyl (C=O) groups excluding carboxylic acids is 1. The third-order valence-corrected chi connectivity index (χ3v) is 4.33. The first-order valence-corrected chi connectivity index (χ1v) is 8.56. The fourth-order valence-corrected chi connectivity index (χ4v) is 2.98. The van der Waals surface area contributed by atoms with E-state index in [1.807, 2.05) is 59.7 Å². The summed E-state index contributed by atoms with van der Waals surface area (Å²) in [5.41, 5.74) is 4.97. The number of hydrogen-bond donors (Lipinski definition) is 1. The zero-order chi connectivity index (χ0) is 19.0. The van der Waals surface area contributed by atoms with Gasteiger partial charge in [-0.25, -0.2) is 19.5 Å². The number of aromatic nitrogens is 5. The van der Waals surface area contributed by atoms with E-state index in [4.69, 9.17) is 0 Å². The fourth-order valence-electron chi connectivity index (χ4n) is 2.98. The molecule has 0 fully saturated rings. The van der Waals surface area contributed by atoms with Gasteiger partial charge in [-0.15, -0.1) is 0 Å². The van der Waals surface area contributed by atoms with Gasteiger partial charge in [0.25, 0.3) is 0 Å². The molecule has 134 valence electrons. The van der Waals surface area contributed by atoms with E-state index in [2.05, 4.69) is 20.3 Å². The molecule has 1 N–H and O–H groups in total. The molecule has 4 aromatic rings. The van der Waals surface area contributed by atoms with Crippen LogP contribution in [0, 0.1) is 6.92 Å². The van der Waals surface area contributed by atoms with Gasteiger partial charge in [0.15, 0.2) is 12.0 Å². The summed E-state index contributed by atoms with van der Waals surface area (Å²) < 4.78 is 3.98. The fraction of sp³-hybridized carbons (Fsp3) is 0.150. The van der Waals surface area contributed by atoms with Gasteiger partial charge in [0, 0.05) is 17.4 Å². The highest BCUT2D eigenvalue weighted by atomic mass is 16.1. The maximum Gasteiger partial charge on any atom is 0.227 e. The molecule has 0 unspecified atom stereocenters.